The molecule has 0 amide bonds. The Kier molecular flexibility index (Phi) is 4.18. The standard InChI is InChI=1S/C26H6N6S/c27-7-13-1-3-17-19(5-13)21(15(9-29)10-30)25-23(17)24-18-4-2-14(8-28)6-20(18)22(26(24)33-25)16(11-31)12-32/h1-6H. The number of fused-ring (bicyclic) bond motifs is 7. The van der Waals surface area contributed by atoms with Crippen molar-refractivity contribution in [3.8, 4) is 58.7 Å². The zero-order valence-electron chi connectivity index (χ0n) is 16.6. The molecule has 6 nitrogen and oxygen atoms in total. The fourth-order valence-corrected chi connectivity index (χ4v) is 5.85. The summed E-state index contributed by atoms with van der Waals surface area (Å²) in [7, 11) is 0. The van der Waals surface area contributed by atoms with Crippen LogP contribution < -0.4 is 0 Å². The van der Waals surface area contributed by atoms with Crippen molar-refractivity contribution in [1.29, 1.82) is 31.6 Å². The van der Waals surface area contributed by atoms with Crippen molar-refractivity contribution in [3.05, 3.63) is 79.6 Å². The van der Waals surface area contributed by atoms with E-state index in [1.165, 1.54) is 11.3 Å². The predicted octanol–water partition coefficient (Wildman–Crippen LogP) is 5.15. The number of hydrogen-bond donors (Lipinski definition) is 0. The molecule has 0 bridgehead atoms. The molecule has 0 spiro atoms. The van der Waals surface area contributed by atoms with E-state index in [4.69, 9.17) is 0 Å². The maximum atomic E-state index is 9.63. The second-order valence-corrected chi connectivity index (χ2v) is 8.22. The quantitative estimate of drug-likeness (QED) is 0.308. The first-order chi connectivity index (χ1) is 16.1. The van der Waals surface area contributed by atoms with Gasteiger partial charge in [-0.1, -0.05) is 12.1 Å². The summed E-state index contributed by atoms with van der Waals surface area (Å²) >= 11 is 1.30. The summed E-state index contributed by atoms with van der Waals surface area (Å²) < 4.78 is 0. The highest BCUT2D eigenvalue weighted by Gasteiger charge is 2.39. The molecule has 0 N–H and O–H groups in total. The minimum absolute atomic E-state index is 0.0728. The average Bonchev–Trinajstić information content (AvgIpc) is 3.47. The van der Waals surface area contributed by atoms with Crippen molar-refractivity contribution in [2.45, 2.75) is 0 Å². The molecule has 0 saturated carbocycles. The molecule has 146 valence electrons. The van der Waals surface area contributed by atoms with Gasteiger partial charge in [0.25, 0.3) is 0 Å². The van der Waals surface area contributed by atoms with Gasteiger partial charge < -0.3 is 0 Å². The third-order valence-corrected chi connectivity index (χ3v) is 6.91. The zero-order valence-corrected chi connectivity index (χ0v) is 17.4. The van der Waals surface area contributed by atoms with Crippen LogP contribution in [-0.2, 0) is 0 Å². The molecule has 2 aliphatic rings. The van der Waals surface area contributed by atoms with Crippen LogP contribution in [0.2, 0.25) is 0 Å². The van der Waals surface area contributed by atoms with Gasteiger partial charge >= 0.3 is 0 Å². The molecule has 0 saturated heterocycles. The Hall–Kier alpha value is -5.44. The molecule has 1 aromatic heterocycles. The van der Waals surface area contributed by atoms with E-state index < -0.39 is 0 Å². The van der Waals surface area contributed by atoms with Gasteiger partial charge in [-0.05, 0) is 46.5 Å². The maximum Gasteiger partial charge on any atom is 0.138 e. The van der Waals surface area contributed by atoms with Crippen LogP contribution in [0.4, 0.5) is 0 Å². The molecule has 33 heavy (non-hydrogen) atoms. The van der Waals surface area contributed by atoms with Crippen LogP contribution in [0, 0.1) is 68.0 Å². The Morgan fingerprint density at radius 2 is 0.939 bits per heavy atom. The van der Waals surface area contributed by atoms with E-state index in [0.717, 1.165) is 22.3 Å². The molecule has 0 unspecified atom stereocenters. The highest BCUT2D eigenvalue weighted by Crippen LogP contribution is 2.61. The SMILES string of the molecule is N#CC(C#N)=C1c2cc(C#N)ccc2-c2c1sc1c2-c2ccc(C#N)cc2C1=C(C#N)C#N. The van der Waals surface area contributed by atoms with Crippen LogP contribution >= 0.6 is 11.3 Å². The van der Waals surface area contributed by atoms with Crippen LogP contribution in [0.25, 0.3) is 33.4 Å². The largest absolute Gasteiger partial charge is 0.192 e. The summed E-state index contributed by atoms with van der Waals surface area (Å²) in [6, 6.07) is 22.3. The predicted molar refractivity (Wildman–Crippen MR) is 119 cm³/mol. The zero-order chi connectivity index (χ0) is 23.3. The van der Waals surface area contributed by atoms with E-state index in [-0.39, 0.29) is 11.1 Å². The smallest absolute Gasteiger partial charge is 0.138 e. The number of rotatable bonds is 0. The first kappa shape index (κ1) is 19.5. The Morgan fingerprint density at radius 3 is 1.27 bits per heavy atom. The Labute approximate surface area is 192 Å². The van der Waals surface area contributed by atoms with Crippen LogP contribution in [0.5, 0.6) is 0 Å². The van der Waals surface area contributed by atoms with Crippen molar-refractivity contribution in [2.24, 2.45) is 0 Å². The highest BCUT2D eigenvalue weighted by molar-refractivity contribution is 7.16. The third-order valence-electron chi connectivity index (χ3n) is 5.68. The normalized spacial score (nSPS) is 11.3. The van der Waals surface area contributed by atoms with Crippen LogP contribution in [0.3, 0.4) is 0 Å². The van der Waals surface area contributed by atoms with Crippen LogP contribution in [0.1, 0.15) is 32.0 Å². The van der Waals surface area contributed by atoms with E-state index in [9.17, 15) is 31.6 Å². The van der Waals surface area contributed by atoms with Gasteiger partial charge in [0.1, 0.15) is 35.4 Å². The summed E-state index contributed by atoms with van der Waals surface area (Å²) in [4.78, 5) is 1.37. The average molecular weight is 434 g/mol. The number of nitriles is 6. The lowest BCUT2D eigenvalue weighted by atomic mass is 9.96. The summed E-state index contributed by atoms with van der Waals surface area (Å²) in [5, 5.41) is 57.3. The lowest BCUT2D eigenvalue weighted by molar-refractivity contribution is 1.45. The third kappa shape index (κ3) is 2.47. The lowest BCUT2D eigenvalue weighted by Crippen LogP contribution is -1.89. The van der Waals surface area contributed by atoms with Gasteiger partial charge in [0.2, 0.25) is 0 Å². The molecule has 7 heteroatoms. The van der Waals surface area contributed by atoms with Gasteiger partial charge in [-0.25, -0.2) is 0 Å². The second-order valence-electron chi connectivity index (χ2n) is 7.20. The van der Waals surface area contributed by atoms with E-state index in [1.54, 1.807) is 36.4 Å². The summed E-state index contributed by atoms with van der Waals surface area (Å²) in [5.41, 5.74) is 5.96. The van der Waals surface area contributed by atoms with Crippen molar-refractivity contribution in [1.82, 2.24) is 0 Å². The molecule has 0 fully saturated rings. The van der Waals surface area contributed by atoms with Crippen molar-refractivity contribution >= 4 is 22.5 Å². The molecule has 0 atom stereocenters. The Balaban J connectivity index is 1.98. The molecule has 3 aromatic rings. The van der Waals surface area contributed by atoms with Gasteiger partial charge in [-0.2, -0.15) is 31.6 Å². The van der Waals surface area contributed by atoms with Gasteiger partial charge in [-0.3, -0.25) is 0 Å². The summed E-state index contributed by atoms with van der Waals surface area (Å²) in [5.74, 6) is 0. The number of thiophene rings is 1. The minimum atomic E-state index is -0.0728. The number of hydrogen-bond acceptors (Lipinski definition) is 7. The van der Waals surface area contributed by atoms with Gasteiger partial charge in [0.15, 0.2) is 0 Å². The number of allylic oxidation sites excluding steroid dienone is 2. The molecule has 2 aliphatic carbocycles. The van der Waals surface area contributed by atoms with Crippen molar-refractivity contribution < 1.29 is 0 Å². The van der Waals surface area contributed by atoms with E-state index in [0.29, 0.717) is 43.2 Å². The Morgan fingerprint density at radius 1 is 0.545 bits per heavy atom. The van der Waals surface area contributed by atoms with Gasteiger partial charge in [0.05, 0.1) is 23.3 Å². The number of nitrogens with zero attached hydrogens (tertiary/aromatic N) is 6. The highest BCUT2D eigenvalue weighted by atomic mass is 32.1. The molecule has 0 aliphatic heterocycles. The topological polar surface area (TPSA) is 143 Å². The van der Waals surface area contributed by atoms with Crippen LogP contribution in [0.15, 0.2) is 47.5 Å². The fraction of sp³-hybridized carbons (Fsp3) is 0. The minimum Gasteiger partial charge on any atom is -0.192 e. The molecule has 1 heterocycles. The fourth-order valence-electron chi connectivity index (χ4n) is 4.39. The lowest BCUT2D eigenvalue weighted by Gasteiger charge is -2.05. The first-order valence-corrected chi connectivity index (χ1v) is 10.3. The van der Waals surface area contributed by atoms with Crippen molar-refractivity contribution in [3.63, 3.8) is 0 Å². The number of benzene rings is 2. The molecular weight excluding hydrogens is 428 g/mol. The molecule has 5 rings (SSSR count). The van der Waals surface area contributed by atoms with E-state index >= 15 is 0 Å². The summed E-state index contributed by atoms with van der Waals surface area (Å²) in [6.45, 7) is 0. The molecular formula is C26H6N6S. The van der Waals surface area contributed by atoms with Gasteiger partial charge in [0, 0.05) is 32.0 Å². The molecule has 0 radical (unpaired) electrons. The maximum absolute atomic E-state index is 9.63. The summed E-state index contributed by atoms with van der Waals surface area (Å²) in [6.07, 6.45) is 0. The Bertz CT molecular complexity index is 1610. The van der Waals surface area contributed by atoms with E-state index in [1.807, 2.05) is 24.3 Å². The van der Waals surface area contributed by atoms with Crippen LogP contribution in [-0.4, -0.2) is 0 Å². The second kappa shape index (κ2) is 7.06. The monoisotopic (exact) mass is 434 g/mol. The van der Waals surface area contributed by atoms with Crippen molar-refractivity contribution in [2.75, 3.05) is 0 Å². The first-order valence-electron chi connectivity index (χ1n) is 9.48. The van der Waals surface area contributed by atoms with E-state index in [2.05, 4.69) is 12.1 Å². The van der Waals surface area contributed by atoms with Gasteiger partial charge in [-0.15, -0.1) is 11.3 Å². The molecule has 2 aromatic carbocycles.